The molecule has 0 spiro atoms. The monoisotopic (exact) mass is 348 g/mol. The molecule has 0 radical (unpaired) electrons. The zero-order valence-corrected chi connectivity index (χ0v) is 13.8. The number of nitrogens with one attached hydrogen (secondary N) is 2. The van der Waals surface area contributed by atoms with Crippen LogP contribution in [0.3, 0.4) is 0 Å². The molecule has 1 saturated carbocycles. The van der Waals surface area contributed by atoms with Gasteiger partial charge in [-0.2, -0.15) is 0 Å². The Balaban J connectivity index is 1.53. The molecule has 130 valence electrons. The third-order valence-corrected chi connectivity index (χ3v) is 4.04. The molecule has 1 aliphatic rings. The van der Waals surface area contributed by atoms with Gasteiger partial charge in [-0.3, -0.25) is 9.59 Å². The molecule has 26 heavy (non-hydrogen) atoms. The topological polar surface area (TPSA) is 102 Å². The highest BCUT2D eigenvalue weighted by Crippen LogP contribution is 2.30. The zero-order chi connectivity index (χ0) is 17.9. The summed E-state index contributed by atoms with van der Waals surface area (Å²) in [5.41, 5.74) is 1.71. The third-order valence-electron chi connectivity index (χ3n) is 4.04. The Bertz CT molecular complexity index is 950. The number of anilines is 2. The second-order valence-corrected chi connectivity index (χ2v) is 6.01. The number of hydrogen-bond donors (Lipinski definition) is 2. The number of nitrogens with zero attached hydrogens (tertiary/aromatic N) is 4. The Kier molecular flexibility index (Phi) is 4.14. The highest BCUT2D eigenvalue weighted by molar-refractivity contribution is 6.06. The standard InChI is InChI=1S/C18H16N6O2/c25-17(12-5-6-12)22-16-11-13(7-8-19-16)18(26)21-14-3-1-2-4-15(14)24-10-9-20-23-24/h1-4,7-12H,5-6H2,(H,21,26)(H,19,22,25). The Hall–Kier alpha value is -3.55. The number of pyridine rings is 1. The fraction of sp³-hybridized carbons (Fsp3) is 0.167. The summed E-state index contributed by atoms with van der Waals surface area (Å²) in [5, 5.41) is 13.3. The molecule has 2 N–H and O–H groups in total. The van der Waals surface area contributed by atoms with E-state index in [1.165, 1.54) is 6.20 Å². The van der Waals surface area contributed by atoms with Crippen molar-refractivity contribution in [2.45, 2.75) is 12.8 Å². The number of carbonyl (C=O) groups is 2. The van der Waals surface area contributed by atoms with Gasteiger partial charge >= 0.3 is 0 Å². The Morgan fingerprint density at radius 2 is 1.92 bits per heavy atom. The number of benzene rings is 1. The molecule has 0 saturated heterocycles. The summed E-state index contributed by atoms with van der Waals surface area (Å²) in [6, 6.07) is 10.5. The predicted octanol–water partition coefficient (Wildman–Crippen LogP) is 2.26. The lowest BCUT2D eigenvalue weighted by atomic mass is 10.2. The average molecular weight is 348 g/mol. The SMILES string of the molecule is O=C(Nc1ccccc1-n1ccnn1)c1ccnc(NC(=O)C2CC2)c1. The van der Waals surface area contributed by atoms with Gasteiger partial charge in [0.25, 0.3) is 5.91 Å². The van der Waals surface area contributed by atoms with E-state index in [4.69, 9.17) is 0 Å². The molecule has 4 rings (SSSR count). The van der Waals surface area contributed by atoms with Crippen molar-refractivity contribution in [2.24, 2.45) is 5.92 Å². The van der Waals surface area contributed by atoms with Crippen LogP contribution < -0.4 is 10.6 Å². The minimum Gasteiger partial charge on any atom is -0.320 e. The fourth-order valence-electron chi connectivity index (χ4n) is 2.52. The minimum absolute atomic E-state index is 0.0495. The number of amides is 2. The number of hydrogen-bond acceptors (Lipinski definition) is 5. The van der Waals surface area contributed by atoms with E-state index in [1.807, 2.05) is 18.2 Å². The largest absolute Gasteiger partial charge is 0.320 e. The number of para-hydroxylation sites is 2. The van der Waals surface area contributed by atoms with Crippen molar-refractivity contribution in [3.63, 3.8) is 0 Å². The summed E-state index contributed by atoms with van der Waals surface area (Å²) in [4.78, 5) is 28.6. The summed E-state index contributed by atoms with van der Waals surface area (Å²) in [7, 11) is 0. The van der Waals surface area contributed by atoms with Gasteiger partial charge < -0.3 is 10.6 Å². The van der Waals surface area contributed by atoms with Crippen LogP contribution >= 0.6 is 0 Å². The van der Waals surface area contributed by atoms with Crippen LogP contribution in [0.15, 0.2) is 55.0 Å². The van der Waals surface area contributed by atoms with E-state index in [9.17, 15) is 9.59 Å². The molecule has 2 aromatic heterocycles. The zero-order valence-electron chi connectivity index (χ0n) is 13.8. The lowest BCUT2D eigenvalue weighted by molar-refractivity contribution is -0.117. The van der Waals surface area contributed by atoms with Crippen LogP contribution in [0.2, 0.25) is 0 Å². The second kappa shape index (κ2) is 6.75. The van der Waals surface area contributed by atoms with Crippen molar-refractivity contribution in [1.82, 2.24) is 20.0 Å². The maximum atomic E-state index is 12.6. The third kappa shape index (κ3) is 3.44. The molecule has 8 heteroatoms. The van der Waals surface area contributed by atoms with Gasteiger partial charge in [0.05, 0.1) is 23.8 Å². The molecule has 3 aromatic rings. The van der Waals surface area contributed by atoms with Crippen molar-refractivity contribution in [3.8, 4) is 5.69 Å². The summed E-state index contributed by atoms with van der Waals surface area (Å²) >= 11 is 0. The van der Waals surface area contributed by atoms with E-state index >= 15 is 0 Å². The molecule has 1 aromatic carbocycles. The Morgan fingerprint density at radius 1 is 1.08 bits per heavy atom. The summed E-state index contributed by atoms with van der Waals surface area (Å²) < 4.78 is 1.57. The van der Waals surface area contributed by atoms with Crippen LogP contribution in [-0.2, 0) is 4.79 Å². The molecule has 2 heterocycles. The van der Waals surface area contributed by atoms with Crippen molar-refractivity contribution >= 4 is 23.3 Å². The van der Waals surface area contributed by atoms with Gasteiger partial charge in [0.15, 0.2) is 0 Å². The summed E-state index contributed by atoms with van der Waals surface area (Å²) in [6.07, 6.45) is 6.58. The molecular formula is C18H16N6O2. The Morgan fingerprint density at radius 3 is 2.69 bits per heavy atom. The molecule has 2 amide bonds. The van der Waals surface area contributed by atoms with E-state index in [0.717, 1.165) is 12.8 Å². The first-order valence-corrected chi connectivity index (χ1v) is 8.25. The van der Waals surface area contributed by atoms with Gasteiger partial charge in [0, 0.05) is 17.7 Å². The summed E-state index contributed by atoms with van der Waals surface area (Å²) in [5.74, 6) is 0.0939. The second-order valence-electron chi connectivity index (χ2n) is 6.01. The lowest BCUT2D eigenvalue weighted by Gasteiger charge is -2.11. The number of aromatic nitrogens is 4. The van der Waals surface area contributed by atoms with E-state index in [1.54, 1.807) is 35.3 Å². The highest BCUT2D eigenvalue weighted by atomic mass is 16.2. The molecule has 8 nitrogen and oxygen atoms in total. The average Bonchev–Trinajstić information content (AvgIpc) is 3.38. The van der Waals surface area contributed by atoms with Gasteiger partial charge in [0.2, 0.25) is 5.91 Å². The van der Waals surface area contributed by atoms with Crippen LogP contribution in [0.1, 0.15) is 23.2 Å². The van der Waals surface area contributed by atoms with Crippen LogP contribution in [0.4, 0.5) is 11.5 Å². The number of rotatable bonds is 5. The lowest BCUT2D eigenvalue weighted by Crippen LogP contribution is -2.17. The molecule has 1 aliphatic carbocycles. The highest BCUT2D eigenvalue weighted by Gasteiger charge is 2.29. The Labute approximate surface area is 149 Å². The smallest absolute Gasteiger partial charge is 0.255 e. The quantitative estimate of drug-likeness (QED) is 0.736. The maximum Gasteiger partial charge on any atom is 0.255 e. The first-order valence-electron chi connectivity index (χ1n) is 8.25. The van der Waals surface area contributed by atoms with Gasteiger partial charge in [-0.05, 0) is 37.1 Å². The molecule has 0 atom stereocenters. The van der Waals surface area contributed by atoms with E-state index in [2.05, 4.69) is 25.9 Å². The molecule has 0 bridgehead atoms. The number of carbonyl (C=O) groups excluding carboxylic acids is 2. The van der Waals surface area contributed by atoms with Crippen molar-refractivity contribution in [3.05, 3.63) is 60.6 Å². The van der Waals surface area contributed by atoms with Crippen molar-refractivity contribution in [2.75, 3.05) is 10.6 Å². The van der Waals surface area contributed by atoms with Crippen LogP contribution in [0.5, 0.6) is 0 Å². The predicted molar refractivity (Wildman–Crippen MR) is 94.9 cm³/mol. The van der Waals surface area contributed by atoms with E-state index < -0.39 is 0 Å². The van der Waals surface area contributed by atoms with Crippen LogP contribution in [-0.4, -0.2) is 31.8 Å². The first-order chi connectivity index (χ1) is 12.7. The first kappa shape index (κ1) is 15.9. The van der Waals surface area contributed by atoms with Gasteiger partial charge in [-0.25, -0.2) is 9.67 Å². The van der Waals surface area contributed by atoms with Gasteiger partial charge in [-0.1, -0.05) is 17.3 Å². The molecule has 0 unspecified atom stereocenters. The molecule has 0 aliphatic heterocycles. The fourth-order valence-corrected chi connectivity index (χ4v) is 2.52. The van der Waals surface area contributed by atoms with Crippen molar-refractivity contribution in [1.29, 1.82) is 0 Å². The van der Waals surface area contributed by atoms with Gasteiger partial charge in [0.1, 0.15) is 5.82 Å². The van der Waals surface area contributed by atoms with Gasteiger partial charge in [-0.15, -0.1) is 5.10 Å². The maximum absolute atomic E-state index is 12.6. The molecular weight excluding hydrogens is 332 g/mol. The van der Waals surface area contributed by atoms with E-state index in [0.29, 0.717) is 22.8 Å². The van der Waals surface area contributed by atoms with E-state index in [-0.39, 0.29) is 17.7 Å². The van der Waals surface area contributed by atoms with Crippen LogP contribution in [0.25, 0.3) is 5.69 Å². The van der Waals surface area contributed by atoms with Crippen molar-refractivity contribution < 1.29 is 9.59 Å². The van der Waals surface area contributed by atoms with Crippen LogP contribution in [0, 0.1) is 5.92 Å². The molecule has 1 fully saturated rings. The minimum atomic E-state index is -0.304. The normalized spacial score (nSPS) is 13.2. The summed E-state index contributed by atoms with van der Waals surface area (Å²) in [6.45, 7) is 0.